The van der Waals surface area contributed by atoms with Crippen LogP contribution < -0.4 is 16.0 Å². The second kappa shape index (κ2) is 8.15. The van der Waals surface area contributed by atoms with E-state index in [0.717, 1.165) is 28.8 Å². The van der Waals surface area contributed by atoms with E-state index in [2.05, 4.69) is 36.9 Å². The van der Waals surface area contributed by atoms with Crippen molar-refractivity contribution < 1.29 is 4.79 Å². The van der Waals surface area contributed by atoms with Crippen molar-refractivity contribution in [3.05, 3.63) is 47.1 Å². The molecule has 24 heavy (non-hydrogen) atoms. The number of nitrogens with one attached hydrogen (secondary N) is 3. The monoisotopic (exact) mass is 388 g/mol. The maximum Gasteiger partial charge on any atom is 0.319 e. The number of pyridine rings is 1. The Morgan fingerprint density at radius 2 is 1.92 bits per heavy atom. The molecule has 3 N–H and O–H groups in total. The molecular weight excluding hydrogens is 368 g/mol. The standard InChI is InChI=1S/C18H21BrN4O/c19-13-5-4-8-15(11-13)21-17-10-9-16(12-20-17)23-18(24)22-14-6-2-1-3-7-14/h4-5,8-12,14H,1-3,6-7H2,(H,20,21)(H2,22,23,24). The summed E-state index contributed by atoms with van der Waals surface area (Å²) < 4.78 is 1.00. The van der Waals surface area contributed by atoms with Crippen molar-refractivity contribution in [2.75, 3.05) is 10.6 Å². The molecule has 1 aliphatic rings. The highest BCUT2D eigenvalue weighted by Crippen LogP contribution is 2.20. The molecule has 1 aromatic carbocycles. The molecule has 1 fully saturated rings. The van der Waals surface area contributed by atoms with Crippen LogP contribution in [-0.2, 0) is 0 Å². The Balaban J connectivity index is 1.53. The Hall–Kier alpha value is -2.08. The van der Waals surface area contributed by atoms with Crippen molar-refractivity contribution in [2.24, 2.45) is 0 Å². The number of rotatable bonds is 4. The highest BCUT2D eigenvalue weighted by molar-refractivity contribution is 9.10. The normalized spacial score (nSPS) is 14.9. The van der Waals surface area contributed by atoms with Gasteiger partial charge in [0.2, 0.25) is 0 Å². The number of carbonyl (C=O) groups is 1. The Kier molecular flexibility index (Phi) is 5.69. The van der Waals surface area contributed by atoms with Crippen LogP contribution >= 0.6 is 15.9 Å². The number of amides is 2. The van der Waals surface area contributed by atoms with Gasteiger partial charge in [0.1, 0.15) is 5.82 Å². The van der Waals surface area contributed by atoms with E-state index in [0.29, 0.717) is 11.7 Å². The number of hydrogen-bond acceptors (Lipinski definition) is 3. The molecule has 0 spiro atoms. The van der Waals surface area contributed by atoms with E-state index in [-0.39, 0.29) is 6.03 Å². The van der Waals surface area contributed by atoms with E-state index in [9.17, 15) is 4.79 Å². The van der Waals surface area contributed by atoms with Gasteiger partial charge in [0, 0.05) is 16.2 Å². The predicted molar refractivity (Wildman–Crippen MR) is 101 cm³/mol. The molecule has 0 unspecified atom stereocenters. The molecule has 6 heteroatoms. The van der Waals surface area contributed by atoms with Crippen molar-refractivity contribution in [3.63, 3.8) is 0 Å². The fraction of sp³-hybridized carbons (Fsp3) is 0.333. The maximum atomic E-state index is 12.0. The van der Waals surface area contributed by atoms with Crippen molar-refractivity contribution in [3.8, 4) is 0 Å². The van der Waals surface area contributed by atoms with Crippen LogP contribution in [-0.4, -0.2) is 17.1 Å². The summed E-state index contributed by atoms with van der Waals surface area (Å²) in [5.41, 5.74) is 1.63. The van der Waals surface area contributed by atoms with E-state index in [1.165, 1.54) is 19.3 Å². The second-order valence-corrected chi connectivity index (χ2v) is 6.92. The summed E-state index contributed by atoms with van der Waals surface area (Å²) in [6, 6.07) is 11.7. The van der Waals surface area contributed by atoms with Gasteiger partial charge in [-0.3, -0.25) is 0 Å². The third-order valence-corrected chi connectivity index (χ3v) is 4.55. The predicted octanol–water partition coefficient (Wildman–Crippen LogP) is 5.04. The molecule has 1 aliphatic carbocycles. The second-order valence-electron chi connectivity index (χ2n) is 6.00. The van der Waals surface area contributed by atoms with Crippen LogP contribution in [0.15, 0.2) is 47.1 Å². The summed E-state index contributed by atoms with van der Waals surface area (Å²) in [5, 5.41) is 9.09. The Bertz CT molecular complexity index is 684. The third kappa shape index (κ3) is 4.96. The van der Waals surface area contributed by atoms with Gasteiger partial charge in [-0.25, -0.2) is 9.78 Å². The van der Waals surface area contributed by atoms with Gasteiger partial charge in [-0.15, -0.1) is 0 Å². The Morgan fingerprint density at radius 1 is 1.08 bits per heavy atom. The van der Waals surface area contributed by atoms with Gasteiger partial charge in [0.15, 0.2) is 0 Å². The van der Waals surface area contributed by atoms with Crippen molar-refractivity contribution in [1.82, 2.24) is 10.3 Å². The largest absolute Gasteiger partial charge is 0.340 e. The molecule has 2 amide bonds. The molecular formula is C18H21BrN4O. The molecule has 5 nitrogen and oxygen atoms in total. The van der Waals surface area contributed by atoms with Crippen LogP contribution in [0.3, 0.4) is 0 Å². The summed E-state index contributed by atoms with van der Waals surface area (Å²) in [6.45, 7) is 0. The first-order valence-corrected chi connectivity index (χ1v) is 9.04. The SMILES string of the molecule is O=C(Nc1ccc(Nc2cccc(Br)c2)nc1)NC1CCCCC1. The average Bonchev–Trinajstić information content (AvgIpc) is 2.57. The van der Waals surface area contributed by atoms with E-state index in [1.54, 1.807) is 6.20 Å². The smallest absolute Gasteiger partial charge is 0.319 e. The van der Waals surface area contributed by atoms with Gasteiger partial charge >= 0.3 is 6.03 Å². The van der Waals surface area contributed by atoms with Crippen LogP contribution in [0.5, 0.6) is 0 Å². The van der Waals surface area contributed by atoms with Crippen LogP contribution in [0, 0.1) is 0 Å². The fourth-order valence-electron chi connectivity index (χ4n) is 2.86. The van der Waals surface area contributed by atoms with Crippen LogP contribution in [0.25, 0.3) is 0 Å². The van der Waals surface area contributed by atoms with Gasteiger partial charge in [-0.1, -0.05) is 41.3 Å². The van der Waals surface area contributed by atoms with Gasteiger partial charge < -0.3 is 16.0 Å². The minimum atomic E-state index is -0.156. The van der Waals surface area contributed by atoms with Gasteiger partial charge in [-0.2, -0.15) is 0 Å². The first-order chi connectivity index (χ1) is 11.7. The number of aromatic nitrogens is 1. The first kappa shape index (κ1) is 16.8. The highest BCUT2D eigenvalue weighted by Gasteiger charge is 2.15. The topological polar surface area (TPSA) is 66.0 Å². The number of hydrogen-bond donors (Lipinski definition) is 3. The molecule has 1 aromatic heterocycles. The molecule has 2 aromatic rings. The summed E-state index contributed by atoms with van der Waals surface area (Å²) in [4.78, 5) is 16.4. The first-order valence-electron chi connectivity index (χ1n) is 8.25. The molecule has 0 atom stereocenters. The molecule has 0 bridgehead atoms. The number of benzene rings is 1. The minimum Gasteiger partial charge on any atom is -0.340 e. The lowest BCUT2D eigenvalue weighted by Crippen LogP contribution is -2.39. The molecule has 0 saturated heterocycles. The van der Waals surface area contributed by atoms with Gasteiger partial charge in [0.05, 0.1) is 11.9 Å². The highest BCUT2D eigenvalue weighted by atomic mass is 79.9. The third-order valence-electron chi connectivity index (χ3n) is 4.06. The fourth-order valence-corrected chi connectivity index (χ4v) is 3.25. The molecule has 0 aliphatic heterocycles. The minimum absolute atomic E-state index is 0.156. The molecule has 1 heterocycles. The molecule has 1 saturated carbocycles. The molecule has 126 valence electrons. The van der Waals surface area contributed by atoms with E-state index < -0.39 is 0 Å². The summed E-state index contributed by atoms with van der Waals surface area (Å²) in [5.74, 6) is 0.728. The van der Waals surface area contributed by atoms with Crippen molar-refractivity contribution in [2.45, 2.75) is 38.1 Å². The van der Waals surface area contributed by atoms with E-state index in [4.69, 9.17) is 0 Å². The zero-order valence-electron chi connectivity index (χ0n) is 13.4. The number of carbonyl (C=O) groups excluding carboxylic acids is 1. The average molecular weight is 389 g/mol. The van der Waals surface area contributed by atoms with Crippen molar-refractivity contribution in [1.29, 1.82) is 0 Å². The number of anilines is 3. The summed E-state index contributed by atoms with van der Waals surface area (Å²) in [6.07, 6.45) is 7.46. The number of halogens is 1. The number of urea groups is 1. The maximum absolute atomic E-state index is 12.0. The van der Waals surface area contributed by atoms with Crippen LogP contribution in [0.4, 0.5) is 22.0 Å². The van der Waals surface area contributed by atoms with Gasteiger partial charge in [-0.05, 0) is 43.2 Å². The summed E-state index contributed by atoms with van der Waals surface area (Å²) >= 11 is 3.44. The zero-order chi connectivity index (χ0) is 16.8. The summed E-state index contributed by atoms with van der Waals surface area (Å²) in [7, 11) is 0. The van der Waals surface area contributed by atoms with Crippen LogP contribution in [0.1, 0.15) is 32.1 Å². The van der Waals surface area contributed by atoms with Crippen LogP contribution in [0.2, 0.25) is 0 Å². The van der Waals surface area contributed by atoms with E-state index >= 15 is 0 Å². The Morgan fingerprint density at radius 3 is 2.62 bits per heavy atom. The molecule has 3 rings (SSSR count). The quantitative estimate of drug-likeness (QED) is 0.686. The Labute approximate surface area is 150 Å². The lowest BCUT2D eigenvalue weighted by molar-refractivity contribution is 0.244. The van der Waals surface area contributed by atoms with Crippen molar-refractivity contribution >= 4 is 39.2 Å². The lowest BCUT2D eigenvalue weighted by Gasteiger charge is -2.22. The molecule has 0 radical (unpaired) electrons. The van der Waals surface area contributed by atoms with Gasteiger partial charge in [0.25, 0.3) is 0 Å². The van der Waals surface area contributed by atoms with E-state index in [1.807, 2.05) is 36.4 Å². The number of nitrogens with zero attached hydrogens (tertiary/aromatic N) is 1. The lowest BCUT2D eigenvalue weighted by atomic mass is 9.96. The zero-order valence-corrected chi connectivity index (χ0v) is 15.0.